The molecule has 1 aliphatic heterocycles. The van der Waals surface area contributed by atoms with Crippen molar-refractivity contribution >= 4 is 24.2 Å². The second kappa shape index (κ2) is 12.5. The fraction of sp³-hybridized carbons (Fsp3) is 0.579. The quantitative estimate of drug-likeness (QED) is 0.602. The topological polar surface area (TPSA) is 84.7 Å². The third kappa shape index (κ3) is 7.59. The van der Waals surface area contributed by atoms with Gasteiger partial charge in [0.2, 0.25) is 11.8 Å². The third-order valence-electron chi connectivity index (χ3n) is 4.54. The Morgan fingerprint density at radius 3 is 2.75 bits per heavy atom. The maximum absolute atomic E-state index is 13.5. The lowest BCUT2D eigenvalue weighted by Gasteiger charge is -2.36. The van der Waals surface area contributed by atoms with Gasteiger partial charge in [-0.05, 0) is 37.8 Å². The number of hydrogen-bond donors (Lipinski definition) is 2. The zero-order valence-electron chi connectivity index (χ0n) is 15.8. The molecule has 0 radical (unpaired) electrons. The van der Waals surface area contributed by atoms with E-state index in [0.717, 1.165) is 31.4 Å². The van der Waals surface area contributed by atoms with Crippen LogP contribution >= 0.6 is 12.4 Å². The third-order valence-corrected chi connectivity index (χ3v) is 4.54. The molecule has 1 aromatic rings. The molecule has 9 heteroatoms. The van der Waals surface area contributed by atoms with E-state index in [0.29, 0.717) is 26.1 Å². The summed E-state index contributed by atoms with van der Waals surface area (Å²) in [5, 5.41) is 2.83. The van der Waals surface area contributed by atoms with E-state index >= 15 is 0 Å². The molecule has 1 saturated heterocycles. The number of benzene rings is 1. The minimum absolute atomic E-state index is 0. The smallest absolute Gasteiger partial charge is 0.223 e. The van der Waals surface area contributed by atoms with E-state index < -0.39 is 11.6 Å². The molecule has 0 aromatic heterocycles. The minimum atomic E-state index is -0.759. The lowest BCUT2D eigenvalue weighted by atomic mass is 10.0. The first-order chi connectivity index (χ1) is 13.0. The zero-order valence-corrected chi connectivity index (χ0v) is 16.6. The lowest BCUT2D eigenvalue weighted by molar-refractivity contribution is -0.135. The summed E-state index contributed by atoms with van der Waals surface area (Å²) < 4.78 is 31.6. The number of ether oxygens (including phenoxy) is 1. The molecule has 1 fully saturated rings. The van der Waals surface area contributed by atoms with Crippen LogP contribution in [0.15, 0.2) is 18.2 Å². The summed E-state index contributed by atoms with van der Waals surface area (Å²) in [6.07, 6.45) is 3.79. The molecule has 0 saturated carbocycles. The van der Waals surface area contributed by atoms with Gasteiger partial charge in [0.25, 0.3) is 0 Å². The van der Waals surface area contributed by atoms with Crippen LogP contribution in [0.4, 0.5) is 8.78 Å². The van der Waals surface area contributed by atoms with Crippen molar-refractivity contribution in [3.63, 3.8) is 0 Å². The first-order valence-electron chi connectivity index (χ1n) is 9.35. The van der Waals surface area contributed by atoms with Gasteiger partial charge in [0, 0.05) is 44.6 Å². The number of nitrogens with two attached hydrogens (primary N) is 1. The van der Waals surface area contributed by atoms with Gasteiger partial charge in [0.1, 0.15) is 5.82 Å². The van der Waals surface area contributed by atoms with Crippen LogP contribution in [0.3, 0.4) is 0 Å². The Morgan fingerprint density at radius 1 is 1.25 bits per heavy atom. The van der Waals surface area contributed by atoms with E-state index in [2.05, 4.69) is 5.32 Å². The summed E-state index contributed by atoms with van der Waals surface area (Å²) in [7, 11) is 0. The van der Waals surface area contributed by atoms with Gasteiger partial charge in [0.15, 0.2) is 11.6 Å². The average molecular weight is 420 g/mol. The molecule has 158 valence electrons. The molecule has 2 amide bonds. The number of piperidine rings is 1. The van der Waals surface area contributed by atoms with Crippen molar-refractivity contribution in [2.45, 2.75) is 44.6 Å². The van der Waals surface area contributed by atoms with Crippen LogP contribution in [-0.4, -0.2) is 49.0 Å². The fourth-order valence-electron chi connectivity index (χ4n) is 3.13. The molecule has 3 N–H and O–H groups in total. The van der Waals surface area contributed by atoms with Crippen molar-refractivity contribution in [2.75, 3.05) is 26.2 Å². The number of nitrogens with one attached hydrogen (secondary N) is 1. The SMILES string of the molecule is Cl.NCCC(=O)NCC1CCCCN1C(=O)CCCOc1ccc(F)cc1F. The molecular formula is C19H28ClF2N3O3. The molecule has 2 rings (SSSR count). The first kappa shape index (κ1) is 24.1. The Bertz CT molecular complexity index is 649. The molecule has 1 aromatic carbocycles. The Kier molecular flexibility index (Phi) is 10.8. The summed E-state index contributed by atoms with van der Waals surface area (Å²) in [5.74, 6) is -1.56. The van der Waals surface area contributed by atoms with Crippen LogP contribution in [0.2, 0.25) is 0 Å². The maximum atomic E-state index is 13.5. The molecule has 1 aliphatic rings. The number of rotatable bonds is 9. The Labute approximate surface area is 170 Å². The fourth-order valence-corrected chi connectivity index (χ4v) is 3.13. The van der Waals surface area contributed by atoms with Gasteiger partial charge in [-0.15, -0.1) is 12.4 Å². The van der Waals surface area contributed by atoms with Crippen LogP contribution < -0.4 is 15.8 Å². The number of hydrogen-bond acceptors (Lipinski definition) is 4. The number of halogens is 3. The normalized spacial score (nSPS) is 16.2. The molecule has 1 unspecified atom stereocenters. The van der Waals surface area contributed by atoms with Gasteiger partial charge < -0.3 is 20.7 Å². The van der Waals surface area contributed by atoms with Crippen LogP contribution in [0.5, 0.6) is 5.75 Å². The van der Waals surface area contributed by atoms with Crippen molar-refractivity contribution in [1.82, 2.24) is 10.2 Å². The summed E-state index contributed by atoms with van der Waals surface area (Å²) in [5.41, 5.74) is 5.36. The standard InChI is InChI=1S/C19H27F2N3O3.ClH/c20-14-6-7-17(16(21)12-14)27-11-3-5-19(26)24-10-2-1-4-15(24)13-23-18(25)8-9-22;/h6-7,12,15H,1-5,8-11,13,22H2,(H,23,25);1H. The van der Waals surface area contributed by atoms with Gasteiger partial charge in [-0.3, -0.25) is 9.59 Å². The molecule has 6 nitrogen and oxygen atoms in total. The first-order valence-corrected chi connectivity index (χ1v) is 9.35. The molecular weight excluding hydrogens is 392 g/mol. The van der Waals surface area contributed by atoms with E-state index in [-0.39, 0.29) is 55.5 Å². The largest absolute Gasteiger partial charge is 0.491 e. The number of carbonyl (C=O) groups excluding carboxylic acids is 2. The molecule has 28 heavy (non-hydrogen) atoms. The van der Waals surface area contributed by atoms with Crippen molar-refractivity contribution < 1.29 is 23.1 Å². The predicted octanol–water partition coefficient (Wildman–Crippen LogP) is 2.39. The van der Waals surface area contributed by atoms with Gasteiger partial charge in [-0.2, -0.15) is 0 Å². The van der Waals surface area contributed by atoms with E-state index in [1.54, 1.807) is 0 Å². The monoisotopic (exact) mass is 419 g/mol. The van der Waals surface area contributed by atoms with E-state index in [1.807, 2.05) is 4.90 Å². The van der Waals surface area contributed by atoms with Crippen LogP contribution in [0.25, 0.3) is 0 Å². The Hall–Kier alpha value is -1.93. The van der Waals surface area contributed by atoms with Crippen LogP contribution in [-0.2, 0) is 9.59 Å². The lowest BCUT2D eigenvalue weighted by Crippen LogP contribution is -2.49. The molecule has 0 spiro atoms. The molecule has 0 bridgehead atoms. The predicted molar refractivity (Wildman–Crippen MR) is 104 cm³/mol. The number of nitrogens with zero attached hydrogens (tertiary/aromatic N) is 1. The van der Waals surface area contributed by atoms with Crippen molar-refractivity contribution in [3.8, 4) is 5.75 Å². The highest BCUT2D eigenvalue weighted by Crippen LogP contribution is 2.20. The number of carbonyl (C=O) groups is 2. The molecule has 0 aliphatic carbocycles. The van der Waals surface area contributed by atoms with E-state index in [9.17, 15) is 18.4 Å². The minimum Gasteiger partial charge on any atom is -0.491 e. The van der Waals surface area contributed by atoms with E-state index in [1.165, 1.54) is 6.07 Å². The highest BCUT2D eigenvalue weighted by molar-refractivity contribution is 5.85. The van der Waals surface area contributed by atoms with Crippen molar-refractivity contribution in [3.05, 3.63) is 29.8 Å². The maximum Gasteiger partial charge on any atom is 0.223 e. The second-order valence-electron chi connectivity index (χ2n) is 6.61. The molecule has 1 heterocycles. The van der Waals surface area contributed by atoms with Crippen LogP contribution in [0.1, 0.15) is 38.5 Å². The zero-order chi connectivity index (χ0) is 19.6. The summed E-state index contributed by atoms with van der Waals surface area (Å²) in [6, 6.07) is 3.11. The highest BCUT2D eigenvalue weighted by Gasteiger charge is 2.26. The molecule has 1 atom stereocenters. The summed E-state index contributed by atoms with van der Waals surface area (Å²) in [6.45, 7) is 1.57. The summed E-state index contributed by atoms with van der Waals surface area (Å²) in [4.78, 5) is 25.9. The number of amides is 2. The Balaban J connectivity index is 0.00000392. The summed E-state index contributed by atoms with van der Waals surface area (Å²) >= 11 is 0. The van der Waals surface area contributed by atoms with Gasteiger partial charge >= 0.3 is 0 Å². The Morgan fingerprint density at radius 2 is 2.04 bits per heavy atom. The van der Waals surface area contributed by atoms with Crippen molar-refractivity contribution in [2.24, 2.45) is 5.73 Å². The van der Waals surface area contributed by atoms with Gasteiger partial charge in [0.05, 0.1) is 6.61 Å². The van der Waals surface area contributed by atoms with Gasteiger partial charge in [-0.25, -0.2) is 8.78 Å². The van der Waals surface area contributed by atoms with E-state index in [4.69, 9.17) is 10.5 Å². The second-order valence-corrected chi connectivity index (χ2v) is 6.61. The van der Waals surface area contributed by atoms with Crippen molar-refractivity contribution in [1.29, 1.82) is 0 Å². The van der Waals surface area contributed by atoms with Gasteiger partial charge in [-0.1, -0.05) is 0 Å². The highest BCUT2D eigenvalue weighted by atomic mass is 35.5. The number of likely N-dealkylation sites (tertiary alicyclic amines) is 1. The average Bonchev–Trinajstić information content (AvgIpc) is 2.65. The van der Waals surface area contributed by atoms with Crippen LogP contribution in [0, 0.1) is 11.6 Å².